The van der Waals surface area contributed by atoms with Crippen molar-refractivity contribution in [2.45, 2.75) is 25.3 Å². The number of aromatic nitrogens is 1. The van der Waals surface area contributed by atoms with Crippen LogP contribution in [0.25, 0.3) is 0 Å². The minimum atomic E-state index is 0.568. The van der Waals surface area contributed by atoms with E-state index in [9.17, 15) is 0 Å². The number of hydrogen-bond donors (Lipinski definition) is 0. The second-order valence-corrected chi connectivity index (χ2v) is 5.09. The number of pyridine rings is 1. The SMILES string of the molecule is CN1CC[C@H]2CCc3c(ccc[n+]3[B]C#N)[C@H]21. The molecule has 17 heavy (non-hydrogen) atoms. The lowest BCUT2D eigenvalue weighted by Crippen LogP contribution is -2.46. The Hall–Kier alpha value is -1.34. The Morgan fingerprint density at radius 3 is 3.24 bits per heavy atom. The summed E-state index contributed by atoms with van der Waals surface area (Å²) in [4.78, 5) is 2.46. The van der Waals surface area contributed by atoms with Gasteiger partial charge < -0.3 is 0 Å². The Kier molecular flexibility index (Phi) is 2.64. The molecule has 1 aromatic rings. The maximum Gasteiger partial charge on any atom is 0.671 e. The van der Waals surface area contributed by atoms with Crippen LogP contribution in [0.2, 0.25) is 0 Å². The predicted octanol–water partition coefficient (Wildman–Crippen LogP) is 0.861. The van der Waals surface area contributed by atoms with Crippen LogP contribution < -0.4 is 4.48 Å². The van der Waals surface area contributed by atoms with Crippen molar-refractivity contribution in [1.82, 2.24) is 4.90 Å². The van der Waals surface area contributed by atoms with Crippen molar-refractivity contribution in [3.05, 3.63) is 29.6 Å². The normalized spacial score (nSPS) is 27.1. The first-order valence-electron chi connectivity index (χ1n) is 6.27. The Bertz CT molecular complexity index is 480. The first kappa shape index (κ1) is 10.8. The molecule has 0 unspecified atom stereocenters. The molecule has 1 aliphatic heterocycles. The van der Waals surface area contributed by atoms with Crippen LogP contribution in [0.3, 0.4) is 0 Å². The molecule has 2 aliphatic rings. The smallest absolute Gasteiger partial charge is 0.299 e. The molecule has 1 radical (unpaired) electrons. The van der Waals surface area contributed by atoms with Gasteiger partial charge in [-0.1, -0.05) is 0 Å². The van der Waals surface area contributed by atoms with Gasteiger partial charge in [0.2, 0.25) is 0 Å². The van der Waals surface area contributed by atoms with Crippen molar-refractivity contribution >= 4 is 7.41 Å². The quantitative estimate of drug-likeness (QED) is 0.664. The topological polar surface area (TPSA) is 30.9 Å². The van der Waals surface area contributed by atoms with Gasteiger partial charge in [-0.2, -0.15) is 0 Å². The molecule has 0 saturated carbocycles. The number of likely N-dealkylation sites (tertiary alicyclic amines) is 1. The molecule has 2 heterocycles. The monoisotopic (exact) mass is 225 g/mol. The van der Waals surface area contributed by atoms with E-state index in [2.05, 4.69) is 30.0 Å². The summed E-state index contributed by atoms with van der Waals surface area (Å²) in [5.74, 6) is 2.94. The molecule has 0 amide bonds. The van der Waals surface area contributed by atoms with E-state index in [1.54, 1.807) is 7.41 Å². The van der Waals surface area contributed by atoms with Gasteiger partial charge in [0.1, 0.15) is 12.2 Å². The van der Waals surface area contributed by atoms with Crippen molar-refractivity contribution in [1.29, 1.82) is 5.26 Å². The number of nitrogens with zero attached hydrogens (tertiary/aromatic N) is 3. The molecule has 4 heteroatoms. The third-order valence-corrected chi connectivity index (χ3v) is 4.21. The van der Waals surface area contributed by atoms with E-state index in [4.69, 9.17) is 5.26 Å². The van der Waals surface area contributed by atoms with Gasteiger partial charge >= 0.3 is 7.41 Å². The van der Waals surface area contributed by atoms with Crippen molar-refractivity contribution in [3.63, 3.8) is 0 Å². The average molecular weight is 225 g/mol. The number of fused-ring (bicyclic) bond motifs is 3. The molecule has 3 nitrogen and oxygen atoms in total. The summed E-state index contributed by atoms with van der Waals surface area (Å²) in [5.41, 5.74) is 2.75. The van der Waals surface area contributed by atoms with Crippen LogP contribution in [0, 0.1) is 17.1 Å². The zero-order chi connectivity index (χ0) is 11.8. The van der Waals surface area contributed by atoms with Crippen LogP contribution in [-0.4, -0.2) is 25.9 Å². The zero-order valence-electron chi connectivity index (χ0n) is 10.1. The summed E-state index contributed by atoms with van der Waals surface area (Å²) >= 11 is 0. The van der Waals surface area contributed by atoms with E-state index in [0.717, 1.165) is 12.3 Å². The first-order valence-corrected chi connectivity index (χ1v) is 6.27. The second kappa shape index (κ2) is 4.16. The van der Waals surface area contributed by atoms with Crippen LogP contribution >= 0.6 is 0 Å². The molecule has 0 spiro atoms. The van der Waals surface area contributed by atoms with Gasteiger partial charge in [0.25, 0.3) is 0 Å². The minimum absolute atomic E-state index is 0.568. The minimum Gasteiger partial charge on any atom is -0.299 e. The Morgan fingerprint density at radius 1 is 1.53 bits per heavy atom. The van der Waals surface area contributed by atoms with Crippen LogP contribution in [0.1, 0.15) is 30.1 Å². The highest BCUT2D eigenvalue weighted by atomic mass is 15.2. The lowest BCUT2D eigenvalue weighted by molar-refractivity contribution is -0.538. The van der Waals surface area contributed by atoms with Gasteiger partial charge in [-0.05, 0) is 44.5 Å². The lowest BCUT2D eigenvalue weighted by atomic mass is 9.81. The van der Waals surface area contributed by atoms with Crippen molar-refractivity contribution in [3.8, 4) is 5.97 Å². The van der Waals surface area contributed by atoms with Gasteiger partial charge in [-0.25, -0.2) is 5.26 Å². The van der Waals surface area contributed by atoms with E-state index in [0.29, 0.717) is 6.04 Å². The summed E-state index contributed by atoms with van der Waals surface area (Å²) < 4.78 is 2.00. The largest absolute Gasteiger partial charge is 0.671 e. The lowest BCUT2D eigenvalue weighted by Gasteiger charge is -2.30. The summed E-state index contributed by atoms with van der Waals surface area (Å²) in [6, 6.07) is 4.86. The molecule has 1 fully saturated rings. The molecule has 0 bridgehead atoms. The number of rotatable bonds is 1. The van der Waals surface area contributed by atoms with Crippen molar-refractivity contribution < 1.29 is 4.48 Å². The Labute approximate surface area is 103 Å². The molecule has 0 aromatic carbocycles. The molecule has 1 saturated heterocycles. The number of hydrogen-bond acceptors (Lipinski definition) is 2. The Balaban J connectivity index is 2.06. The maximum absolute atomic E-state index is 8.82. The van der Waals surface area contributed by atoms with Crippen LogP contribution in [0.15, 0.2) is 18.3 Å². The van der Waals surface area contributed by atoms with E-state index in [-0.39, 0.29) is 0 Å². The van der Waals surface area contributed by atoms with Gasteiger partial charge in [-0.3, -0.25) is 9.38 Å². The first-order chi connectivity index (χ1) is 8.31. The van der Waals surface area contributed by atoms with Crippen LogP contribution in [0.5, 0.6) is 0 Å². The highest BCUT2D eigenvalue weighted by Gasteiger charge is 2.40. The maximum atomic E-state index is 8.82. The second-order valence-electron chi connectivity index (χ2n) is 5.09. The summed E-state index contributed by atoms with van der Waals surface area (Å²) in [6.45, 7) is 1.20. The fourth-order valence-electron chi connectivity index (χ4n) is 3.44. The molecule has 1 aliphatic carbocycles. The van der Waals surface area contributed by atoms with Gasteiger partial charge in [0.15, 0.2) is 5.69 Å². The summed E-state index contributed by atoms with van der Waals surface area (Å²) in [7, 11) is 3.82. The molecule has 3 rings (SSSR count). The molecule has 0 N–H and O–H groups in total. The van der Waals surface area contributed by atoms with Crippen molar-refractivity contribution in [2.24, 2.45) is 5.92 Å². The average Bonchev–Trinajstić information content (AvgIpc) is 2.72. The van der Waals surface area contributed by atoms with Crippen molar-refractivity contribution in [2.75, 3.05) is 13.6 Å². The predicted molar refractivity (Wildman–Crippen MR) is 65.2 cm³/mol. The fourth-order valence-corrected chi connectivity index (χ4v) is 3.44. The van der Waals surface area contributed by atoms with Crippen LogP contribution in [-0.2, 0) is 6.42 Å². The molecule has 2 atom stereocenters. The van der Waals surface area contributed by atoms with Gasteiger partial charge in [-0.15, -0.1) is 0 Å². The van der Waals surface area contributed by atoms with Gasteiger partial charge in [0.05, 0.1) is 0 Å². The van der Waals surface area contributed by atoms with E-state index < -0.39 is 0 Å². The van der Waals surface area contributed by atoms with Gasteiger partial charge in [0, 0.05) is 18.0 Å². The standard InChI is InChI=1S/C13H16BN3/c1-16-8-6-10-4-5-12-11(13(10)16)3-2-7-17(12)14-9-15/h2-3,7,10,13H,4-6,8H2,1H3/q+1/t10-,13+/m1/s1. The summed E-state index contributed by atoms with van der Waals surface area (Å²) in [6.07, 6.45) is 5.66. The molecule has 85 valence electrons. The highest BCUT2D eigenvalue weighted by Crippen LogP contribution is 2.42. The Morgan fingerprint density at radius 2 is 2.41 bits per heavy atom. The van der Waals surface area contributed by atoms with E-state index in [1.165, 1.54) is 30.6 Å². The third kappa shape index (κ3) is 1.66. The zero-order valence-corrected chi connectivity index (χ0v) is 10.1. The summed E-state index contributed by atoms with van der Waals surface area (Å²) in [5, 5.41) is 8.82. The van der Waals surface area contributed by atoms with E-state index in [1.807, 2.05) is 10.7 Å². The van der Waals surface area contributed by atoms with E-state index >= 15 is 0 Å². The molecular weight excluding hydrogens is 209 g/mol. The van der Waals surface area contributed by atoms with Crippen LogP contribution in [0.4, 0.5) is 0 Å². The number of nitriles is 1. The molecule has 1 aromatic heterocycles. The molecular formula is C13H16BN3+. The third-order valence-electron chi connectivity index (χ3n) is 4.21. The fraction of sp³-hybridized carbons (Fsp3) is 0.538. The highest BCUT2D eigenvalue weighted by molar-refractivity contribution is 6.35.